The summed E-state index contributed by atoms with van der Waals surface area (Å²) in [6, 6.07) is 11.0. The van der Waals surface area contributed by atoms with Crippen LogP contribution in [0.1, 0.15) is 24.5 Å². The Hall–Kier alpha value is -2.13. The van der Waals surface area contributed by atoms with Gasteiger partial charge >= 0.3 is 0 Å². The van der Waals surface area contributed by atoms with Crippen LogP contribution in [-0.2, 0) is 20.9 Å². The first-order valence-electron chi connectivity index (χ1n) is 9.24. The number of carbonyl (C=O) groups excluding carboxylic acids is 1. The van der Waals surface area contributed by atoms with Crippen LogP contribution in [0.3, 0.4) is 0 Å². The van der Waals surface area contributed by atoms with Crippen molar-refractivity contribution in [2.24, 2.45) is 5.10 Å². The lowest BCUT2D eigenvalue weighted by molar-refractivity contribution is -0.159. The van der Waals surface area contributed by atoms with Gasteiger partial charge in [0.15, 0.2) is 17.3 Å². The van der Waals surface area contributed by atoms with Crippen molar-refractivity contribution in [3.8, 4) is 11.5 Å². The molecule has 160 valence electrons. The highest BCUT2D eigenvalue weighted by molar-refractivity contribution is 9.10. The summed E-state index contributed by atoms with van der Waals surface area (Å²) in [4.78, 5) is 12.0. The molecule has 0 saturated carbocycles. The summed E-state index contributed by atoms with van der Waals surface area (Å²) in [5.41, 5.74) is 4.05. The molecule has 1 aliphatic rings. The van der Waals surface area contributed by atoms with E-state index in [0.29, 0.717) is 46.4 Å². The summed E-state index contributed by atoms with van der Waals surface area (Å²) in [6.07, 6.45) is 1.58. The zero-order valence-electron chi connectivity index (χ0n) is 16.6. The number of hydrazone groups is 1. The molecule has 0 radical (unpaired) electrons. The molecule has 9 heteroatoms. The van der Waals surface area contributed by atoms with Gasteiger partial charge in [-0.05, 0) is 46.6 Å². The highest BCUT2D eigenvalue weighted by Crippen LogP contribution is 2.37. The van der Waals surface area contributed by atoms with Gasteiger partial charge in [-0.15, -0.1) is 0 Å². The molecule has 3 rings (SSSR count). The maximum atomic E-state index is 12.0. The summed E-state index contributed by atoms with van der Waals surface area (Å²) < 4.78 is 22.9. The Labute approximate surface area is 188 Å². The van der Waals surface area contributed by atoms with E-state index < -0.39 is 5.79 Å². The molecule has 30 heavy (non-hydrogen) atoms. The van der Waals surface area contributed by atoms with Gasteiger partial charge in [-0.3, -0.25) is 4.79 Å². The molecule has 1 aliphatic heterocycles. The minimum Gasteiger partial charge on any atom is -0.493 e. The molecule has 0 unspecified atom stereocenters. The topological polar surface area (TPSA) is 78.4 Å². The molecule has 0 aliphatic carbocycles. The molecule has 1 fully saturated rings. The van der Waals surface area contributed by atoms with Crippen LogP contribution < -0.4 is 14.9 Å². The average molecular weight is 498 g/mol. The van der Waals surface area contributed by atoms with Crippen molar-refractivity contribution >= 4 is 39.7 Å². The summed E-state index contributed by atoms with van der Waals surface area (Å²) in [7, 11) is 1.55. The Morgan fingerprint density at radius 3 is 2.77 bits per heavy atom. The maximum Gasteiger partial charge on any atom is 0.245 e. The molecule has 7 nitrogen and oxygen atoms in total. The van der Waals surface area contributed by atoms with E-state index in [2.05, 4.69) is 26.5 Å². The molecule has 2 aromatic rings. The van der Waals surface area contributed by atoms with E-state index in [-0.39, 0.29) is 12.3 Å². The Morgan fingerprint density at radius 2 is 2.07 bits per heavy atom. The van der Waals surface area contributed by atoms with E-state index in [0.717, 1.165) is 5.56 Å². The molecule has 1 amide bonds. The number of benzene rings is 2. The summed E-state index contributed by atoms with van der Waals surface area (Å²) in [5, 5.41) is 4.63. The van der Waals surface area contributed by atoms with Crippen LogP contribution in [-0.4, -0.2) is 38.2 Å². The fraction of sp³-hybridized carbons (Fsp3) is 0.333. The highest BCUT2D eigenvalue weighted by Gasteiger charge is 2.33. The molecule has 0 atom stereocenters. The number of amides is 1. The van der Waals surface area contributed by atoms with Crippen LogP contribution in [0.2, 0.25) is 5.02 Å². The number of hydrogen-bond donors (Lipinski definition) is 1. The molecule has 0 bridgehead atoms. The van der Waals surface area contributed by atoms with Gasteiger partial charge in [-0.2, -0.15) is 5.10 Å². The molecule has 1 heterocycles. The third-order valence-corrected chi connectivity index (χ3v) is 5.32. The second kappa shape index (κ2) is 10.3. The number of methoxy groups -OCH3 is 1. The van der Waals surface area contributed by atoms with Gasteiger partial charge in [0.25, 0.3) is 0 Å². The minimum absolute atomic E-state index is 0.0617. The van der Waals surface area contributed by atoms with Gasteiger partial charge < -0.3 is 18.9 Å². The third-order valence-electron chi connectivity index (χ3n) is 4.36. The fourth-order valence-electron chi connectivity index (χ4n) is 2.89. The molecule has 1 N–H and O–H groups in total. The average Bonchev–Trinajstić information content (AvgIpc) is 3.13. The van der Waals surface area contributed by atoms with Crippen molar-refractivity contribution in [3.63, 3.8) is 0 Å². The van der Waals surface area contributed by atoms with E-state index in [1.54, 1.807) is 20.1 Å². The van der Waals surface area contributed by atoms with Gasteiger partial charge in [-0.25, -0.2) is 5.43 Å². The van der Waals surface area contributed by atoms with Gasteiger partial charge in [0, 0.05) is 10.6 Å². The van der Waals surface area contributed by atoms with Crippen LogP contribution in [0, 0.1) is 0 Å². The summed E-state index contributed by atoms with van der Waals surface area (Å²) in [6.45, 7) is 2.98. The second-order valence-electron chi connectivity index (χ2n) is 6.71. The lowest BCUT2D eigenvalue weighted by Crippen LogP contribution is -2.33. The number of nitrogens with one attached hydrogen (secondary N) is 1. The predicted octanol–water partition coefficient (Wildman–Crippen LogP) is 4.29. The predicted molar refractivity (Wildman–Crippen MR) is 117 cm³/mol. The van der Waals surface area contributed by atoms with Crippen LogP contribution in [0.25, 0.3) is 0 Å². The zero-order chi connectivity index (χ0) is 21.6. The van der Waals surface area contributed by atoms with Crippen molar-refractivity contribution < 1.29 is 23.7 Å². The number of hydrogen-bond acceptors (Lipinski definition) is 6. The highest BCUT2D eigenvalue weighted by atomic mass is 79.9. The van der Waals surface area contributed by atoms with Crippen molar-refractivity contribution in [2.75, 3.05) is 20.3 Å². The standard InChI is InChI=1S/C21H22BrClN2O5/c1-21(29-7-8-30-21)11-19(26)25-24-12-14-9-16(22)20(18(10-14)27-2)28-13-15-5-3-4-6-17(15)23/h3-6,9-10,12H,7-8,11,13H2,1-2H3,(H,25,26)/b24-12-. The smallest absolute Gasteiger partial charge is 0.245 e. The summed E-state index contributed by atoms with van der Waals surface area (Å²) in [5.74, 6) is -0.139. The van der Waals surface area contributed by atoms with Crippen molar-refractivity contribution in [1.29, 1.82) is 0 Å². The first-order valence-corrected chi connectivity index (χ1v) is 10.4. The summed E-state index contributed by atoms with van der Waals surface area (Å²) >= 11 is 9.68. The monoisotopic (exact) mass is 496 g/mol. The molecular formula is C21H22BrClN2O5. The van der Waals surface area contributed by atoms with Crippen molar-refractivity contribution in [2.45, 2.75) is 25.7 Å². The van der Waals surface area contributed by atoms with Gasteiger partial charge in [0.2, 0.25) is 5.91 Å². The molecule has 0 spiro atoms. The lowest BCUT2D eigenvalue weighted by Gasteiger charge is -2.20. The second-order valence-corrected chi connectivity index (χ2v) is 7.98. The number of rotatable bonds is 8. The van der Waals surface area contributed by atoms with Crippen LogP contribution >= 0.6 is 27.5 Å². The normalized spacial score (nSPS) is 15.3. The Kier molecular flexibility index (Phi) is 7.71. The number of carbonyl (C=O) groups is 1. The zero-order valence-corrected chi connectivity index (χ0v) is 19.0. The van der Waals surface area contributed by atoms with E-state index in [1.807, 2.05) is 30.3 Å². The molecular weight excluding hydrogens is 476 g/mol. The third kappa shape index (κ3) is 5.95. The molecule has 2 aromatic carbocycles. The Bertz CT molecular complexity index is 932. The van der Waals surface area contributed by atoms with Crippen molar-refractivity contribution in [3.05, 3.63) is 57.0 Å². The Morgan fingerprint density at radius 1 is 1.33 bits per heavy atom. The Balaban J connectivity index is 1.63. The van der Waals surface area contributed by atoms with E-state index in [4.69, 9.17) is 30.5 Å². The van der Waals surface area contributed by atoms with Gasteiger partial charge in [0.1, 0.15) is 6.61 Å². The van der Waals surface area contributed by atoms with Crippen LogP contribution in [0.5, 0.6) is 11.5 Å². The minimum atomic E-state index is -0.896. The first-order chi connectivity index (χ1) is 14.4. The van der Waals surface area contributed by atoms with E-state index >= 15 is 0 Å². The van der Waals surface area contributed by atoms with Gasteiger partial charge in [0.05, 0.1) is 37.4 Å². The molecule has 0 aromatic heterocycles. The largest absolute Gasteiger partial charge is 0.493 e. The SMILES string of the molecule is COc1cc(/C=N\NC(=O)CC2(C)OCCO2)cc(Br)c1OCc1ccccc1Cl. The van der Waals surface area contributed by atoms with E-state index in [9.17, 15) is 4.79 Å². The fourth-order valence-corrected chi connectivity index (χ4v) is 3.65. The number of ether oxygens (including phenoxy) is 4. The quantitative estimate of drug-likeness (QED) is 0.435. The number of halogens is 2. The van der Waals surface area contributed by atoms with Crippen LogP contribution in [0.4, 0.5) is 0 Å². The number of nitrogens with zero attached hydrogens (tertiary/aromatic N) is 1. The van der Waals surface area contributed by atoms with E-state index in [1.165, 1.54) is 6.21 Å². The van der Waals surface area contributed by atoms with Crippen molar-refractivity contribution in [1.82, 2.24) is 5.43 Å². The maximum absolute atomic E-state index is 12.0. The van der Waals surface area contributed by atoms with Crippen LogP contribution in [0.15, 0.2) is 46.0 Å². The first kappa shape index (κ1) is 22.6. The lowest BCUT2D eigenvalue weighted by atomic mass is 10.2. The molecule has 1 saturated heterocycles. The van der Waals surface area contributed by atoms with Gasteiger partial charge in [-0.1, -0.05) is 29.8 Å².